The van der Waals surface area contributed by atoms with E-state index in [4.69, 9.17) is 9.16 Å². The largest absolute Gasteiger partial charge is 0.405 e. The smallest absolute Gasteiger partial charge is 0.261 e. The minimum Gasteiger partial charge on any atom is -0.405 e. The molecule has 5 nitrogen and oxygen atoms in total. The highest BCUT2D eigenvalue weighted by Gasteiger charge is 2.51. The molecule has 0 spiro atoms. The summed E-state index contributed by atoms with van der Waals surface area (Å²) in [5.41, 5.74) is 0. The molecule has 3 N–H and O–H groups in total. The monoisotopic (exact) mass is 388 g/mol. The van der Waals surface area contributed by atoms with Gasteiger partial charge < -0.3 is 24.5 Å². The molecule has 0 radical (unpaired) electrons. The minimum atomic E-state index is -2.74. The number of hydrogen-bond donors (Lipinski definition) is 3. The molecule has 1 heterocycles. The molecule has 0 aliphatic carbocycles. The van der Waals surface area contributed by atoms with E-state index in [-0.39, 0.29) is 11.6 Å². The molecule has 1 unspecified atom stereocenters. The molecule has 4 atom stereocenters. The fourth-order valence-electron chi connectivity index (χ4n) is 3.84. The van der Waals surface area contributed by atoms with Gasteiger partial charge in [0.25, 0.3) is 8.32 Å². The summed E-state index contributed by atoms with van der Waals surface area (Å²) < 4.78 is 12.0. The second-order valence-corrected chi connectivity index (χ2v) is 12.3. The van der Waals surface area contributed by atoms with E-state index in [0.29, 0.717) is 0 Å². The Morgan fingerprint density at radius 1 is 0.852 bits per heavy atom. The molecule has 6 heteroatoms. The van der Waals surface area contributed by atoms with Crippen LogP contribution >= 0.6 is 0 Å². The van der Waals surface area contributed by atoms with Gasteiger partial charge in [-0.3, -0.25) is 0 Å². The van der Waals surface area contributed by atoms with Gasteiger partial charge in [0.15, 0.2) is 6.29 Å². The van der Waals surface area contributed by atoms with Crippen LogP contribution in [0.4, 0.5) is 0 Å². The summed E-state index contributed by atoms with van der Waals surface area (Å²) in [5.74, 6) is 0. The Kier molecular flexibility index (Phi) is 5.86. The molecule has 146 valence electrons. The number of aliphatic hydroxyl groups is 3. The Bertz CT molecular complexity index is 692. The molecule has 1 fully saturated rings. The third-order valence-corrected chi connectivity index (χ3v) is 10.2. The Labute approximate surface area is 161 Å². The average molecular weight is 389 g/mol. The molecule has 1 aliphatic rings. The molecule has 0 amide bonds. The second-order valence-electron chi connectivity index (χ2n) is 8.02. The Morgan fingerprint density at radius 2 is 1.33 bits per heavy atom. The van der Waals surface area contributed by atoms with E-state index in [9.17, 15) is 15.3 Å². The van der Waals surface area contributed by atoms with Crippen molar-refractivity contribution in [2.45, 2.75) is 50.4 Å². The normalized spacial score (nSPS) is 26.3. The number of hydrogen-bond acceptors (Lipinski definition) is 5. The maximum absolute atomic E-state index is 10.2. The molecule has 3 rings (SSSR count). The number of aliphatic hydroxyl groups excluding tert-OH is 3. The SMILES string of the molecule is CC(C)(C)[Si](OC[C@@H]1OC(O)[C@H](O)[C@H]1O)(c1ccccc1)c1ccccc1. The summed E-state index contributed by atoms with van der Waals surface area (Å²) in [6.45, 7) is 6.57. The number of rotatable bonds is 5. The van der Waals surface area contributed by atoms with Crippen molar-refractivity contribution in [1.29, 1.82) is 0 Å². The fourth-order valence-corrected chi connectivity index (χ4v) is 8.41. The van der Waals surface area contributed by atoms with Gasteiger partial charge >= 0.3 is 0 Å². The average Bonchev–Trinajstić information content (AvgIpc) is 2.90. The van der Waals surface area contributed by atoms with Crippen molar-refractivity contribution in [3.8, 4) is 0 Å². The van der Waals surface area contributed by atoms with E-state index in [1.54, 1.807) is 0 Å². The first kappa shape index (κ1) is 20.2. The third-order valence-electron chi connectivity index (χ3n) is 5.22. The van der Waals surface area contributed by atoms with Gasteiger partial charge in [-0.25, -0.2) is 0 Å². The number of ether oxygens (including phenoxy) is 1. The van der Waals surface area contributed by atoms with E-state index in [1.807, 2.05) is 36.4 Å². The van der Waals surface area contributed by atoms with Gasteiger partial charge in [0.1, 0.15) is 18.3 Å². The van der Waals surface area contributed by atoms with E-state index >= 15 is 0 Å². The Hall–Kier alpha value is -1.54. The van der Waals surface area contributed by atoms with Gasteiger partial charge in [0, 0.05) is 0 Å². The highest BCUT2D eigenvalue weighted by atomic mass is 28.4. The van der Waals surface area contributed by atoms with Crippen LogP contribution in [0.5, 0.6) is 0 Å². The lowest BCUT2D eigenvalue weighted by Gasteiger charge is -2.43. The van der Waals surface area contributed by atoms with Crippen LogP contribution in [0.2, 0.25) is 5.04 Å². The summed E-state index contributed by atoms with van der Waals surface area (Å²) in [6.07, 6.45) is -4.68. The molecule has 0 saturated carbocycles. The molecule has 2 aromatic rings. The van der Waals surface area contributed by atoms with Gasteiger partial charge in [-0.2, -0.15) is 0 Å². The molecule has 27 heavy (non-hydrogen) atoms. The van der Waals surface area contributed by atoms with Crippen molar-refractivity contribution < 1.29 is 24.5 Å². The van der Waals surface area contributed by atoms with Crippen LogP contribution in [0, 0.1) is 0 Å². The predicted octanol–water partition coefficient (Wildman–Crippen LogP) is 1.00. The maximum Gasteiger partial charge on any atom is 0.261 e. The van der Waals surface area contributed by atoms with Crippen LogP contribution in [0.15, 0.2) is 60.7 Å². The lowest BCUT2D eigenvalue weighted by molar-refractivity contribution is -0.132. The zero-order valence-corrected chi connectivity index (χ0v) is 16.9. The van der Waals surface area contributed by atoms with Crippen molar-refractivity contribution in [2.24, 2.45) is 0 Å². The van der Waals surface area contributed by atoms with E-state index in [2.05, 4.69) is 45.0 Å². The first-order valence-corrected chi connectivity index (χ1v) is 11.1. The Morgan fingerprint density at radius 3 is 1.70 bits per heavy atom. The molecular weight excluding hydrogens is 360 g/mol. The van der Waals surface area contributed by atoms with Crippen molar-refractivity contribution in [2.75, 3.05) is 6.61 Å². The molecule has 0 bridgehead atoms. The number of benzene rings is 2. The summed E-state index contributed by atoms with van der Waals surface area (Å²) in [5, 5.41) is 31.7. The van der Waals surface area contributed by atoms with Crippen LogP contribution in [-0.4, -0.2) is 54.8 Å². The summed E-state index contributed by atoms with van der Waals surface area (Å²) in [7, 11) is -2.74. The van der Waals surface area contributed by atoms with Gasteiger partial charge in [0.05, 0.1) is 6.61 Å². The van der Waals surface area contributed by atoms with Crippen molar-refractivity contribution in [3.63, 3.8) is 0 Å². The second kappa shape index (κ2) is 7.83. The van der Waals surface area contributed by atoms with Crippen LogP contribution in [-0.2, 0) is 9.16 Å². The molecule has 1 saturated heterocycles. The maximum atomic E-state index is 10.2. The topological polar surface area (TPSA) is 79.2 Å². The first-order valence-electron chi connectivity index (χ1n) is 9.22. The van der Waals surface area contributed by atoms with Gasteiger partial charge in [0.2, 0.25) is 0 Å². The van der Waals surface area contributed by atoms with Crippen molar-refractivity contribution >= 4 is 18.7 Å². The van der Waals surface area contributed by atoms with Crippen LogP contribution in [0.25, 0.3) is 0 Å². The van der Waals surface area contributed by atoms with Crippen molar-refractivity contribution in [1.82, 2.24) is 0 Å². The summed E-state index contributed by atoms with van der Waals surface area (Å²) in [6, 6.07) is 20.3. The van der Waals surface area contributed by atoms with Gasteiger partial charge in [-0.1, -0.05) is 81.4 Å². The third kappa shape index (κ3) is 3.74. The molecule has 2 aromatic carbocycles. The highest BCUT2D eigenvalue weighted by molar-refractivity contribution is 6.99. The predicted molar refractivity (Wildman–Crippen MR) is 106 cm³/mol. The zero-order valence-electron chi connectivity index (χ0n) is 15.9. The Balaban J connectivity index is 2.02. The van der Waals surface area contributed by atoms with Crippen LogP contribution < -0.4 is 10.4 Å². The van der Waals surface area contributed by atoms with Crippen LogP contribution in [0.3, 0.4) is 0 Å². The van der Waals surface area contributed by atoms with Gasteiger partial charge in [-0.05, 0) is 15.4 Å². The van der Waals surface area contributed by atoms with E-state index < -0.39 is 32.9 Å². The minimum absolute atomic E-state index is 0.0859. The standard InChI is InChI=1S/C21H28O5Si/c1-21(2,3)27(15-10-6-4-7-11-15,16-12-8-5-9-13-16)25-14-17-18(22)19(23)20(24)26-17/h4-13,17-20,22-24H,14H2,1-3H3/t17-,18-,19+,20?/m0/s1. The van der Waals surface area contributed by atoms with Gasteiger partial charge in [-0.15, -0.1) is 0 Å². The quantitative estimate of drug-likeness (QED) is 0.666. The molecule has 0 aromatic heterocycles. The lowest BCUT2D eigenvalue weighted by Crippen LogP contribution is -2.67. The van der Waals surface area contributed by atoms with E-state index in [1.165, 1.54) is 0 Å². The zero-order chi connectivity index (χ0) is 19.7. The molecule has 1 aliphatic heterocycles. The summed E-state index contributed by atoms with van der Waals surface area (Å²) >= 11 is 0. The highest BCUT2D eigenvalue weighted by Crippen LogP contribution is 2.37. The lowest BCUT2D eigenvalue weighted by atomic mass is 10.1. The first-order chi connectivity index (χ1) is 12.8. The van der Waals surface area contributed by atoms with E-state index in [0.717, 1.165) is 10.4 Å². The fraction of sp³-hybridized carbons (Fsp3) is 0.429. The molecular formula is C21H28O5Si. The summed E-state index contributed by atoms with van der Waals surface area (Å²) in [4.78, 5) is 0. The van der Waals surface area contributed by atoms with Crippen LogP contribution in [0.1, 0.15) is 20.8 Å². The van der Waals surface area contributed by atoms with Crippen molar-refractivity contribution in [3.05, 3.63) is 60.7 Å².